The molecule has 0 fully saturated rings. The van der Waals surface area contributed by atoms with Gasteiger partial charge in [0.2, 0.25) is 0 Å². The standard InChI is InChI=1S/C8H11N3O3S/c1-5(6(12)13)11(2)8(14)10-7-9-3-4-15-7/h3-5H,1-2H3,(H,12,13)(H,9,10,14). The number of nitrogens with zero attached hydrogens (tertiary/aromatic N) is 2. The summed E-state index contributed by atoms with van der Waals surface area (Å²) in [4.78, 5) is 27.0. The number of carbonyl (C=O) groups excluding carboxylic acids is 1. The van der Waals surface area contributed by atoms with Gasteiger partial charge in [-0.1, -0.05) is 0 Å². The lowest BCUT2D eigenvalue weighted by atomic mass is 10.3. The predicted molar refractivity (Wildman–Crippen MR) is 56.0 cm³/mol. The van der Waals surface area contributed by atoms with E-state index in [9.17, 15) is 9.59 Å². The predicted octanol–water partition coefficient (Wildman–Crippen LogP) is 1.08. The summed E-state index contributed by atoms with van der Waals surface area (Å²) in [5, 5.41) is 13.3. The zero-order valence-electron chi connectivity index (χ0n) is 8.30. The minimum atomic E-state index is -1.05. The Morgan fingerprint density at radius 2 is 2.33 bits per heavy atom. The van der Waals surface area contributed by atoms with E-state index in [1.54, 1.807) is 11.6 Å². The summed E-state index contributed by atoms with van der Waals surface area (Å²) < 4.78 is 0. The quantitative estimate of drug-likeness (QED) is 0.812. The van der Waals surface area contributed by atoms with Crippen LogP contribution in [0.3, 0.4) is 0 Å². The van der Waals surface area contributed by atoms with Gasteiger partial charge in [-0.3, -0.25) is 5.32 Å². The molecule has 7 heteroatoms. The minimum Gasteiger partial charge on any atom is -0.480 e. The summed E-state index contributed by atoms with van der Waals surface area (Å²) in [6.45, 7) is 1.43. The zero-order chi connectivity index (χ0) is 11.4. The van der Waals surface area contributed by atoms with Crippen LogP contribution in [0.15, 0.2) is 11.6 Å². The van der Waals surface area contributed by atoms with Crippen molar-refractivity contribution >= 4 is 28.5 Å². The Morgan fingerprint density at radius 3 is 2.80 bits per heavy atom. The van der Waals surface area contributed by atoms with E-state index in [4.69, 9.17) is 5.11 Å². The SMILES string of the molecule is CC(C(=O)O)N(C)C(=O)Nc1nccs1. The second kappa shape index (κ2) is 4.74. The second-order valence-corrected chi connectivity index (χ2v) is 3.79. The van der Waals surface area contributed by atoms with Crippen LogP contribution >= 0.6 is 11.3 Å². The van der Waals surface area contributed by atoms with Gasteiger partial charge in [-0.2, -0.15) is 0 Å². The summed E-state index contributed by atoms with van der Waals surface area (Å²) >= 11 is 1.27. The average molecular weight is 229 g/mol. The lowest BCUT2D eigenvalue weighted by Gasteiger charge is -2.20. The van der Waals surface area contributed by atoms with Crippen molar-refractivity contribution < 1.29 is 14.7 Å². The molecule has 2 N–H and O–H groups in total. The van der Waals surface area contributed by atoms with Gasteiger partial charge in [0, 0.05) is 18.6 Å². The van der Waals surface area contributed by atoms with E-state index in [1.807, 2.05) is 0 Å². The van der Waals surface area contributed by atoms with Crippen LogP contribution in [0, 0.1) is 0 Å². The molecule has 1 heterocycles. The molecule has 0 bridgehead atoms. The maximum Gasteiger partial charge on any atom is 0.326 e. The number of aliphatic carboxylic acids is 1. The van der Waals surface area contributed by atoms with Gasteiger partial charge in [-0.15, -0.1) is 11.3 Å². The molecule has 0 aliphatic carbocycles. The van der Waals surface area contributed by atoms with Crippen LogP contribution in [0.1, 0.15) is 6.92 Å². The average Bonchev–Trinajstić information content (AvgIpc) is 2.67. The summed E-state index contributed by atoms with van der Waals surface area (Å²) in [5.41, 5.74) is 0. The van der Waals surface area contributed by atoms with Gasteiger partial charge < -0.3 is 10.0 Å². The van der Waals surface area contributed by atoms with Crippen LogP contribution in [-0.4, -0.2) is 40.1 Å². The van der Waals surface area contributed by atoms with Crippen LogP contribution in [0.2, 0.25) is 0 Å². The molecule has 1 atom stereocenters. The van der Waals surface area contributed by atoms with Gasteiger partial charge in [-0.25, -0.2) is 14.6 Å². The molecule has 1 unspecified atom stereocenters. The first kappa shape index (κ1) is 11.4. The molecular weight excluding hydrogens is 218 g/mol. The lowest BCUT2D eigenvalue weighted by molar-refractivity contribution is -0.141. The fraction of sp³-hybridized carbons (Fsp3) is 0.375. The van der Waals surface area contributed by atoms with E-state index in [-0.39, 0.29) is 0 Å². The van der Waals surface area contributed by atoms with E-state index >= 15 is 0 Å². The number of anilines is 1. The van der Waals surface area contributed by atoms with Gasteiger partial charge in [0.1, 0.15) is 6.04 Å². The van der Waals surface area contributed by atoms with Gasteiger partial charge in [0.15, 0.2) is 5.13 Å². The van der Waals surface area contributed by atoms with Gasteiger partial charge in [-0.05, 0) is 6.92 Å². The number of urea groups is 1. The fourth-order valence-electron chi connectivity index (χ4n) is 0.806. The van der Waals surface area contributed by atoms with Crippen molar-refractivity contribution in [1.82, 2.24) is 9.88 Å². The monoisotopic (exact) mass is 229 g/mol. The van der Waals surface area contributed by atoms with Gasteiger partial charge in [0.25, 0.3) is 0 Å². The van der Waals surface area contributed by atoms with Crippen LogP contribution in [-0.2, 0) is 4.79 Å². The van der Waals surface area contributed by atoms with Crippen LogP contribution in [0.5, 0.6) is 0 Å². The van der Waals surface area contributed by atoms with Crippen LogP contribution in [0.25, 0.3) is 0 Å². The molecule has 15 heavy (non-hydrogen) atoms. The molecule has 1 rings (SSSR count). The number of amides is 2. The smallest absolute Gasteiger partial charge is 0.326 e. The number of rotatable bonds is 3. The summed E-state index contributed by atoms with van der Waals surface area (Å²) in [5.74, 6) is -1.05. The molecule has 0 aromatic carbocycles. The number of carbonyl (C=O) groups is 2. The highest BCUT2D eigenvalue weighted by atomic mass is 32.1. The Bertz CT molecular complexity index is 352. The van der Waals surface area contributed by atoms with Crippen LogP contribution in [0.4, 0.5) is 9.93 Å². The zero-order valence-corrected chi connectivity index (χ0v) is 9.11. The van der Waals surface area contributed by atoms with Crippen molar-refractivity contribution in [2.24, 2.45) is 0 Å². The number of nitrogens with one attached hydrogen (secondary N) is 1. The Kier molecular flexibility index (Phi) is 3.62. The number of hydrogen-bond donors (Lipinski definition) is 2. The number of likely N-dealkylation sites (N-methyl/N-ethyl adjacent to an activating group) is 1. The minimum absolute atomic E-state index is 0.449. The Labute approximate surface area is 90.5 Å². The lowest BCUT2D eigenvalue weighted by Crippen LogP contribution is -2.42. The maximum absolute atomic E-state index is 11.5. The number of carboxylic acids is 1. The first-order valence-electron chi connectivity index (χ1n) is 4.18. The highest BCUT2D eigenvalue weighted by Gasteiger charge is 2.21. The number of thiazole rings is 1. The normalized spacial score (nSPS) is 11.9. The molecule has 82 valence electrons. The second-order valence-electron chi connectivity index (χ2n) is 2.89. The summed E-state index contributed by atoms with van der Waals surface area (Å²) in [7, 11) is 1.42. The Balaban J connectivity index is 2.57. The Hall–Kier alpha value is -1.63. The topological polar surface area (TPSA) is 82.5 Å². The van der Waals surface area contributed by atoms with Crippen molar-refractivity contribution in [3.05, 3.63) is 11.6 Å². The largest absolute Gasteiger partial charge is 0.480 e. The molecule has 0 spiro atoms. The van der Waals surface area contributed by atoms with E-state index in [2.05, 4.69) is 10.3 Å². The first-order chi connectivity index (χ1) is 7.02. The molecule has 2 amide bonds. The van der Waals surface area contributed by atoms with Crippen molar-refractivity contribution in [2.75, 3.05) is 12.4 Å². The van der Waals surface area contributed by atoms with E-state index < -0.39 is 18.0 Å². The van der Waals surface area contributed by atoms with Gasteiger partial charge in [0.05, 0.1) is 0 Å². The molecule has 6 nitrogen and oxygen atoms in total. The number of carboxylic acid groups (broad SMARTS) is 1. The highest BCUT2D eigenvalue weighted by molar-refractivity contribution is 7.13. The molecule has 0 saturated heterocycles. The third-order valence-electron chi connectivity index (χ3n) is 1.90. The van der Waals surface area contributed by atoms with Crippen LogP contribution < -0.4 is 5.32 Å². The molecule has 0 aliphatic heterocycles. The molecular formula is C8H11N3O3S. The molecule has 0 aliphatic rings. The van der Waals surface area contributed by atoms with Crippen molar-refractivity contribution in [1.29, 1.82) is 0 Å². The molecule has 0 saturated carbocycles. The molecule has 1 aromatic heterocycles. The summed E-state index contributed by atoms with van der Waals surface area (Å²) in [6, 6.07) is -1.36. The fourth-order valence-corrected chi connectivity index (χ4v) is 1.32. The first-order valence-corrected chi connectivity index (χ1v) is 5.06. The van der Waals surface area contributed by atoms with E-state index in [0.29, 0.717) is 5.13 Å². The Morgan fingerprint density at radius 1 is 1.67 bits per heavy atom. The molecule has 0 radical (unpaired) electrons. The number of hydrogen-bond acceptors (Lipinski definition) is 4. The van der Waals surface area contributed by atoms with Crippen molar-refractivity contribution in [3.8, 4) is 0 Å². The number of aromatic nitrogens is 1. The third-order valence-corrected chi connectivity index (χ3v) is 2.59. The van der Waals surface area contributed by atoms with Crippen molar-refractivity contribution in [2.45, 2.75) is 13.0 Å². The summed E-state index contributed by atoms with van der Waals surface area (Å²) in [6.07, 6.45) is 1.56. The third kappa shape index (κ3) is 2.91. The maximum atomic E-state index is 11.5. The highest BCUT2D eigenvalue weighted by Crippen LogP contribution is 2.11. The van der Waals surface area contributed by atoms with Gasteiger partial charge >= 0.3 is 12.0 Å². The van der Waals surface area contributed by atoms with E-state index in [1.165, 1.54) is 25.3 Å². The van der Waals surface area contributed by atoms with E-state index in [0.717, 1.165) is 4.90 Å². The van der Waals surface area contributed by atoms with Crippen molar-refractivity contribution in [3.63, 3.8) is 0 Å². The molecule has 1 aromatic rings.